The van der Waals surface area contributed by atoms with Crippen molar-refractivity contribution in [2.75, 3.05) is 25.5 Å². The highest BCUT2D eigenvalue weighted by atomic mass is 79.9. The Bertz CT molecular complexity index is 589. The van der Waals surface area contributed by atoms with Crippen LogP contribution in [0.1, 0.15) is 12.5 Å². The number of anilines is 1. The van der Waals surface area contributed by atoms with E-state index in [9.17, 15) is 8.42 Å². The minimum Gasteiger partial charge on any atom is -0.398 e. The van der Waals surface area contributed by atoms with Gasteiger partial charge in [-0.3, -0.25) is 0 Å². The van der Waals surface area contributed by atoms with Crippen LogP contribution in [0.2, 0.25) is 0 Å². The first-order valence-corrected chi connectivity index (χ1v) is 8.22. The first-order valence-electron chi connectivity index (χ1n) is 5.99. The van der Waals surface area contributed by atoms with Gasteiger partial charge in [0.05, 0.1) is 18.1 Å². The molecule has 2 N–H and O–H groups in total. The number of hydrogen-bond donors (Lipinski definition) is 1. The molecule has 1 fully saturated rings. The predicted octanol–water partition coefficient (Wildman–Crippen LogP) is 1.75. The molecule has 1 atom stereocenters. The van der Waals surface area contributed by atoms with Crippen molar-refractivity contribution in [3.05, 3.63) is 22.2 Å². The minimum absolute atomic E-state index is 0.164. The van der Waals surface area contributed by atoms with E-state index in [1.807, 2.05) is 6.92 Å². The second kappa shape index (κ2) is 5.40. The van der Waals surface area contributed by atoms with E-state index in [1.165, 1.54) is 10.4 Å². The van der Waals surface area contributed by atoms with Crippen LogP contribution in [-0.2, 0) is 14.8 Å². The average Bonchev–Trinajstić information content (AvgIpc) is 2.34. The third-order valence-corrected chi connectivity index (χ3v) is 6.03. The molecule has 0 aromatic heterocycles. The summed E-state index contributed by atoms with van der Waals surface area (Å²) in [7, 11) is -3.53. The molecule has 7 heteroatoms. The minimum atomic E-state index is -3.53. The Balaban J connectivity index is 2.47. The molecule has 0 bridgehead atoms. The van der Waals surface area contributed by atoms with E-state index in [-0.39, 0.29) is 10.9 Å². The van der Waals surface area contributed by atoms with Crippen molar-refractivity contribution < 1.29 is 13.2 Å². The SMILES string of the molecule is Cc1cc(Br)c(N)cc1S(=O)(=O)N1CCOC[C@H]1C. The number of morpholine rings is 1. The molecular weight excluding hydrogens is 332 g/mol. The van der Waals surface area contributed by atoms with Crippen LogP contribution in [0.3, 0.4) is 0 Å². The largest absolute Gasteiger partial charge is 0.398 e. The molecule has 2 rings (SSSR count). The number of sulfonamides is 1. The van der Waals surface area contributed by atoms with Crippen molar-refractivity contribution in [2.45, 2.75) is 24.8 Å². The molecule has 1 heterocycles. The van der Waals surface area contributed by atoms with Crippen LogP contribution in [0.25, 0.3) is 0 Å². The standard InChI is InChI=1S/C12H17BrN2O3S/c1-8-5-10(13)11(14)6-12(8)19(16,17)15-3-4-18-7-9(15)2/h5-6,9H,3-4,7,14H2,1-2H3/t9-/m1/s1. The van der Waals surface area contributed by atoms with Gasteiger partial charge in [0.1, 0.15) is 0 Å². The number of halogens is 1. The molecule has 0 aliphatic carbocycles. The summed E-state index contributed by atoms with van der Waals surface area (Å²) in [5.74, 6) is 0. The second-order valence-electron chi connectivity index (χ2n) is 4.68. The molecule has 5 nitrogen and oxygen atoms in total. The monoisotopic (exact) mass is 348 g/mol. The zero-order valence-electron chi connectivity index (χ0n) is 10.9. The highest BCUT2D eigenvalue weighted by Crippen LogP contribution is 2.29. The maximum Gasteiger partial charge on any atom is 0.243 e. The summed E-state index contributed by atoms with van der Waals surface area (Å²) >= 11 is 3.30. The van der Waals surface area contributed by atoms with Gasteiger partial charge in [-0.15, -0.1) is 0 Å². The molecule has 106 valence electrons. The highest BCUT2D eigenvalue weighted by Gasteiger charge is 2.32. The Morgan fingerprint density at radius 1 is 1.47 bits per heavy atom. The quantitative estimate of drug-likeness (QED) is 0.826. The van der Waals surface area contributed by atoms with Crippen LogP contribution in [0.5, 0.6) is 0 Å². The zero-order valence-corrected chi connectivity index (χ0v) is 13.3. The number of aryl methyl sites for hydroxylation is 1. The van der Waals surface area contributed by atoms with Gasteiger partial charge in [-0.1, -0.05) is 0 Å². The Morgan fingerprint density at radius 2 is 2.16 bits per heavy atom. The molecule has 0 amide bonds. The fourth-order valence-electron chi connectivity index (χ4n) is 2.14. The summed E-state index contributed by atoms with van der Waals surface area (Å²) in [6.07, 6.45) is 0. The molecule has 1 aromatic carbocycles. The topological polar surface area (TPSA) is 72.6 Å². The molecule has 0 unspecified atom stereocenters. The smallest absolute Gasteiger partial charge is 0.243 e. The van der Waals surface area contributed by atoms with Crippen LogP contribution in [-0.4, -0.2) is 38.5 Å². The van der Waals surface area contributed by atoms with Crippen molar-refractivity contribution in [1.82, 2.24) is 4.31 Å². The molecule has 1 aliphatic rings. The molecule has 1 saturated heterocycles. The fourth-order valence-corrected chi connectivity index (χ4v) is 4.44. The molecule has 19 heavy (non-hydrogen) atoms. The van der Waals surface area contributed by atoms with Crippen molar-refractivity contribution in [1.29, 1.82) is 0 Å². The van der Waals surface area contributed by atoms with Crippen LogP contribution in [0.4, 0.5) is 5.69 Å². The van der Waals surface area contributed by atoms with Crippen molar-refractivity contribution in [3.63, 3.8) is 0 Å². The van der Waals surface area contributed by atoms with Crippen molar-refractivity contribution in [2.24, 2.45) is 0 Å². The summed E-state index contributed by atoms with van der Waals surface area (Å²) in [5.41, 5.74) is 6.90. The van der Waals surface area contributed by atoms with Gasteiger partial charge in [-0.25, -0.2) is 8.42 Å². The first kappa shape index (κ1) is 14.8. The molecular formula is C12H17BrN2O3S. The van der Waals surface area contributed by atoms with E-state index in [0.717, 1.165) is 0 Å². The lowest BCUT2D eigenvalue weighted by Gasteiger charge is -2.32. The predicted molar refractivity (Wildman–Crippen MR) is 77.5 cm³/mol. The summed E-state index contributed by atoms with van der Waals surface area (Å²) < 4.78 is 32.8. The van der Waals surface area contributed by atoms with E-state index in [0.29, 0.717) is 35.5 Å². The van der Waals surface area contributed by atoms with E-state index < -0.39 is 10.0 Å². The summed E-state index contributed by atoms with van der Waals surface area (Å²) in [6, 6.07) is 3.08. The molecule has 1 aromatic rings. The van der Waals surface area contributed by atoms with Crippen LogP contribution in [0.15, 0.2) is 21.5 Å². The van der Waals surface area contributed by atoms with Crippen molar-refractivity contribution in [3.8, 4) is 0 Å². The third-order valence-electron chi connectivity index (χ3n) is 3.19. The van der Waals surface area contributed by atoms with Crippen LogP contribution < -0.4 is 5.73 Å². The summed E-state index contributed by atoms with van der Waals surface area (Å²) in [5, 5.41) is 0. The number of nitrogens with zero attached hydrogens (tertiary/aromatic N) is 1. The van der Waals surface area contributed by atoms with Gasteiger partial charge in [-0.05, 0) is 47.5 Å². The van der Waals surface area contributed by atoms with Gasteiger partial charge < -0.3 is 10.5 Å². The highest BCUT2D eigenvalue weighted by molar-refractivity contribution is 9.10. The Morgan fingerprint density at radius 3 is 2.79 bits per heavy atom. The Labute approximate surface area is 121 Å². The number of ether oxygens (including phenoxy) is 1. The van der Waals surface area contributed by atoms with Crippen LogP contribution in [0, 0.1) is 6.92 Å². The number of nitrogen functional groups attached to an aromatic ring is 1. The Hall–Kier alpha value is -0.630. The maximum absolute atomic E-state index is 12.7. The molecule has 0 saturated carbocycles. The lowest BCUT2D eigenvalue weighted by molar-refractivity contribution is 0.0392. The fraction of sp³-hybridized carbons (Fsp3) is 0.500. The lowest BCUT2D eigenvalue weighted by atomic mass is 10.2. The van der Waals surface area contributed by atoms with Gasteiger partial charge >= 0.3 is 0 Å². The first-order chi connectivity index (χ1) is 8.84. The number of benzene rings is 1. The van der Waals surface area contributed by atoms with E-state index in [2.05, 4.69) is 15.9 Å². The van der Waals surface area contributed by atoms with Gasteiger partial charge in [0, 0.05) is 22.7 Å². The van der Waals surface area contributed by atoms with E-state index in [4.69, 9.17) is 10.5 Å². The molecule has 0 radical (unpaired) electrons. The van der Waals surface area contributed by atoms with Crippen molar-refractivity contribution >= 4 is 31.6 Å². The van der Waals surface area contributed by atoms with Gasteiger partial charge in [0.15, 0.2) is 0 Å². The number of rotatable bonds is 2. The normalized spacial score (nSPS) is 21.5. The summed E-state index contributed by atoms with van der Waals surface area (Å²) in [4.78, 5) is 0.266. The van der Waals surface area contributed by atoms with Gasteiger partial charge in [-0.2, -0.15) is 4.31 Å². The number of nitrogens with two attached hydrogens (primary N) is 1. The lowest BCUT2D eigenvalue weighted by Crippen LogP contribution is -2.47. The third kappa shape index (κ3) is 2.79. The van der Waals surface area contributed by atoms with E-state index >= 15 is 0 Å². The van der Waals surface area contributed by atoms with Crippen LogP contribution >= 0.6 is 15.9 Å². The van der Waals surface area contributed by atoms with E-state index in [1.54, 1.807) is 13.0 Å². The molecule has 1 aliphatic heterocycles. The summed E-state index contributed by atoms with van der Waals surface area (Å²) in [6.45, 7) is 4.83. The zero-order chi connectivity index (χ0) is 14.2. The second-order valence-corrected chi connectivity index (χ2v) is 7.39. The number of hydrogen-bond acceptors (Lipinski definition) is 4. The Kier molecular flexibility index (Phi) is 4.20. The average molecular weight is 349 g/mol. The van der Waals surface area contributed by atoms with Gasteiger partial charge in [0.25, 0.3) is 0 Å². The van der Waals surface area contributed by atoms with Gasteiger partial charge in [0.2, 0.25) is 10.0 Å². The maximum atomic E-state index is 12.7. The molecule has 0 spiro atoms.